The monoisotopic (exact) mass is 411 g/mol. The molecule has 2 heterocycles. The lowest BCUT2D eigenvalue weighted by Crippen LogP contribution is -2.55. The normalized spacial score (nSPS) is 14.8. The summed E-state index contributed by atoms with van der Waals surface area (Å²) in [5.74, 6) is 0.663. The van der Waals surface area contributed by atoms with Crippen molar-refractivity contribution >= 4 is 23.5 Å². The highest BCUT2D eigenvalue weighted by Crippen LogP contribution is 2.16. The molecule has 2 aromatic rings. The highest BCUT2D eigenvalue weighted by Gasteiger charge is 2.27. The number of aryl methyl sites for hydroxylation is 1. The van der Waals surface area contributed by atoms with Crippen LogP contribution in [-0.4, -0.2) is 72.2 Å². The summed E-state index contributed by atoms with van der Waals surface area (Å²) in [4.78, 5) is 32.9. The van der Waals surface area contributed by atoms with Crippen LogP contribution in [0.4, 0.5) is 5.69 Å². The molecule has 0 atom stereocenters. The van der Waals surface area contributed by atoms with Crippen molar-refractivity contribution in [3.8, 4) is 0 Å². The third-order valence-corrected chi connectivity index (χ3v) is 4.94. The summed E-state index contributed by atoms with van der Waals surface area (Å²) < 4.78 is 1.69. The molecule has 160 valence electrons. The maximum Gasteiger partial charge on any atom is 0.251 e. The van der Waals surface area contributed by atoms with Gasteiger partial charge in [0.2, 0.25) is 5.91 Å². The zero-order valence-corrected chi connectivity index (χ0v) is 17.8. The van der Waals surface area contributed by atoms with E-state index in [1.54, 1.807) is 28.9 Å². The van der Waals surface area contributed by atoms with Gasteiger partial charge in [0, 0.05) is 52.0 Å². The van der Waals surface area contributed by atoms with Gasteiger partial charge in [0.15, 0.2) is 5.96 Å². The molecule has 1 aliphatic rings. The first-order valence-corrected chi connectivity index (χ1v) is 10.1. The third-order valence-electron chi connectivity index (χ3n) is 4.94. The lowest BCUT2D eigenvalue weighted by Gasteiger charge is -2.35. The minimum atomic E-state index is -0.0984. The molecule has 2 N–H and O–H groups in total. The second-order valence-electron chi connectivity index (χ2n) is 7.10. The van der Waals surface area contributed by atoms with Crippen LogP contribution in [-0.2, 0) is 18.3 Å². The summed E-state index contributed by atoms with van der Waals surface area (Å²) in [6.07, 6.45) is 4.27. The van der Waals surface area contributed by atoms with Gasteiger partial charge in [0.25, 0.3) is 5.91 Å². The number of carbonyl (C=O) groups excluding carboxylic acids is 2. The molecule has 1 fully saturated rings. The van der Waals surface area contributed by atoms with Crippen molar-refractivity contribution in [1.29, 1.82) is 0 Å². The number of nitrogens with zero attached hydrogens (tertiary/aromatic N) is 5. The summed E-state index contributed by atoms with van der Waals surface area (Å²) in [7, 11) is 3.46. The molecule has 1 aromatic heterocycles. The van der Waals surface area contributed by atoms with Crippen LogP contribution in [0.15, 0.2) is 41.7 Å². The number of carbonyl (C=O) groups is 2. The Morgan fingerprint density at radius 1 is 1.30 bits per heavy atom. The van der Waals surface area contributed by atoms with E-state index in [1.807, 2.05) is 43.3 Å². The van der Waals surface area contributed by atoms with Crippen molar-refractivity contribution in [2.24, 2.45) is 12.0 Å². The number of piperazine rings is 1. The highest BCUT2D eigenvalue weighted by molar-refractivity contribution is 5.98. The molecule has 1 aromatic carbocycles. The van der Waals surface area contributed by atoms with Gasteiger partial charge in [-0.25, -0.2) is 0 Å². The maximum atomic E-state index is 12.7. The molecular weight excluding hydrogens is 382 g/mol. The number of hydrogen-bond acceptors (Lipinski definition) is 4. The zero-order chi connectivity index (χ0) is 21.5. The second-order valence-corrected chi connectivity index (χ2v) is 7.10. The smallest absolute Gasteiger partial charge is 0.251 e. The zero-order valence-electron chi connectivity index (χ0n) is 17.8. The summed E-state index contributed by atoms with van der Waals surface area (Å²) in [6.45, 7) is 4.85. The van der Waals surface area contributed by atoms with Gasteiger partial charge in [-0.3, -0.25) is 19.3 Å². The first-order chi connectivity index (χ1) is 14.5. The number of rotatable bonds is 6. The van der Waals surface area contributed by atoms with Crippen LogP contribution in [0.25, 0.3) is 0 Å². The molecule has 0 radical (unpaired) electrons. The van der Waals surface area contributed by atoms with Crippen LogP contribution in [0.1, 0.15) is 22.8 Å². The number of amides is 2. The van der Waals surface area contributed by atoms with Crippen molar-refractivity contribution in [3.05, 3.63) is 47.8 Å². The van der Waals surface area contributed by atoms with E-state index in [1.165, 1.54) is 0 Å². The number of benzene rings is 1. The quantitative estimate of drug-likeness (QED) is 0.537. The van der Waals surface area contributed by atoms with Crippen molar-refractivity contribution < 1.29 is 9.59 Å². The molecule has 0 aliphatic carbocycles. The summed E-state index contributed by atoms with van der Waals surface area (Å²) in [5.41, 5.74) is 2.51. The number of aromatic nitrogens is 2. The fourth-order valence-electron chi connectivity index (χ4n) is 3.40. The summed E-state index contributed by atoms with van der Waals surface area (Å²) in [6, 6.07) is 7.55. The van der Waals surface area contributed by atoms with Crippen molar-refractivity contribution in [1.82, 2.24) is 25.3 Å². The molecule has 30 heavy (non-hydrogen) atoms. The SMILES string of the molecule is CCNC(=NCCc1cccc(C(=O)NC)c1)N1CCN(c2cnn(C)c2)C(=O)C1. The van der Waals surface area contributed by atoms with Crippen LogP contribution in [0.2, 0.25) is 0 Å². The Balaban J connectivity index is 1.62. The Hall–Kier alpha value is -3.36. The molecule has 1 saturated heterocycles. The van der Waals surface area contributed by atoms with Crippen LogP contribution >= 0.6 is 0 Å². The molecule has 3 rings (SSSR count). The predicted octanol–water partition coefficient (Wildman–Crippen LogP) is 0.637. The Kier molecular flexibility index (Phi) is 7.05. The largest absolute Gasteiger partial charge is 0.357 e. The predicted molar refractivity (Wildman–Crippen MR) is 117 cm³/mol. The molecule has 2 amide bonds. The Labute approximate surface area is 176 Å². The van der Waals surface area contributed by atoms with E-state index in [2.05, 4.69) is 15.7 Å². The fourth-order valence-corrected chi connectivity index (χ4v) is 3.40. The van der Waals surface area contributed by atoms with E-state index >= 15 is 0 Å². The van der Waals surface area contributed by atoms with Gasteiger partial charge >= 0.3 is 0 Å². The topological polar surface area (TPSA) is 94.9 Å². The summed E-state index contributed by atoms with van der Waals surface area (Å²) in [5, 5.41) is 10.1. The van der Waals surface area contributed by atoms with E-state index in [0.717, 1.165) is 23.8 Å². The average Bonchev–Trinajstić information content (AvgIpc) is 3.18. The Bertz CT molecular complexity index is 922. The van der Waals surface area contributed by atoms with Gasteiger partial charge in [0.1, 0.15) is 6.54 Å². The van der Waals surface area contributed by atoms with E-state index in [4.69, 9.17) is 4.99 Å². The van der Waals surface area contributed by atoms with Crippen molar-refractivity contribution in [2.75, 3.05) is 44.7 Å². The Morgan fingerprint density at radius 3 is 2.80 bits per heavy atom. The van der Waals surface area contributed by atoms with Crippen LogP contribution < -0.4 is 15.5 Å². The second kappa shape index (κ2) is 9.91. The van der Waals surface area contributed by atoms with E-state index in [9.17, 15) is 9.59 Å². The molecule has 0 unspecified atom stereocenters. The van der Waals surface area contributed by atoms with E-state index < -0.39 is 0 Å². The van der Waals surface area contributed by atoms with Gasteiger partial charge in [-0.2, -0.15) is 5.10 Å². The first-order valence-electron chi connectivity index (χ1n) is 10.1. The number of nitrogens with one attached hydrogen (secondary N) is 2. The van der Waals surface area contributed by atoms with Crippen LogP contribution in [0.3, 0.4) is 0 Å². The maximum absolute atomic E-state index is 12.7. The lowest BCUT2D eigenvalue weighted by molar-refractivity contribution is -0.120. The van der Waals surface area contributed by atoms with Gasteiger partial charge in [-0.05, 0) is 31.0 Å². The average molecular weight is 412 g/mol. The molecule has 1 aliphatic heterocycles. The molecule has 0 bridgehead atoms. The summed E-state index contributed by atoms with van der Waals surface area (Å²) >= 11 is 0. The minimum absolute atomic E-state index is 0.0260. The first kappa shape index (κ1) is 21.4. The van der Waals surface area contributed by atoms with E-state index in [-0.39, 0.29) is 18.4 Å². The Morgan fingerprint density at radius 2 is 2.13 bits per heavy atom. The molecular formula is C21H29N7O2. The molecule has 9 heteroatoms. The van der Waals surface area contributed by atoms with Crippen LogP contribution in [0, 0.1) is 0 Å². The van der Waals surface area contributed by atoms with Gasteiger partial charge in [-0.1, -0.05) is 12.1 Å². The standard InChI is InChI=1S/C21H29N7O2/c1-4-23-21(24-9-8-16-6-5-7-17(12-16)20(30)22-2)27-10-11-28(19(29)15-27)18-13-25-26(3)14-18/h5-7,12-14H,4,8-11,15H2,1-3H3,(H,22,30)(H,23,24). The van der Waals surface area contributed by atoms with Crippen LogP contribution in [0.5, 0.6) is 0 Å². The van der Waals surface area contributed by atoms with Crippen molar-refractivity contribution in [3.63, 3.8) is 0 Å². The fraction of sp³-hybridized carbons (Fsp3) is 0.429. The molecule has 0 saturated carbocycles. The number of anilines is 1. The van der Waals surface area contributed by atoms with E-state index in [0.29, 0.717) is 31.6 Å². The molecule has 9 nitrogen and oxygen atoms in total. The van der Waals surface area contributed by atoms with Gasteiger partial charge in [0.05, 0.1) is 11.9 Å². The highest BCUT2D eigenvalue weighted by atomic mass is 16.2. The number of aliphatic imine (C=N–C) groups is 1. The third kappa shape index (κ3) is 5.16. The molecule has 0 spiro atoms. The van der Waals surface area contributed by atoms with Crippen molar-refractivity contribution in [2.45, 2.75) is 13.3 Å². The van der Waals surface area contributed by atoms with Gasteiger partial charge in [-0.15, -0.1) is 0 Å². The lowest BCUT2D eigenvalue weighted by atomic mass is 10.1. The minimum Gasteiger partial charge on any atom is -0.357 e. The van der Waals surface area contributed by atoms with Gasteiger partial charge < -0.3 is 20.4 Å². The number of guanidine groups is 1. The number of hydrogen-bond donors (Lipinski definition) is 2.